The molecule has 24 heavy (non-hydrogen) atoms. The Kier molecular flexibility index (Phi) is 9.20. The highest BCUT2D eigenvalue weighted by Gasteiger charge is 2.21. The van der Waals surface area contributed by atoms with Crippen LogP contribution in [0.4, 0.5) is 0 Å². The maximum Gasteiger partial charge on any atom is 0.193 e. The molecule has 1 saturated carbocycles. The highest BCUT2D eigenvalue weighted by Crippen LogP contribution is 2.28. The summed E-state index contributed by atoms with van der Waals surface area (Å²) in [5.74, 6) is 2.51. The third-order valence-electron chi connectivity index (χ3n) is 3.92. The lowest BCUT2D eigenvalue weighted by molar-refractivity contribution is 0.115. The summed E-state index contributed by atoms with van der Waals surface area (Å²) in [6.07, 6.45) is 2.62. The minimum atomic E-state index is 0. The van der Waals surface area contributed by atoms with E-state index >= 15 is 0 Å². The Morgan fingerprint density at radius 1 is 1.42 bits per heavy atom. The maximum atomic E-state index is 9.92. The number of hydrogen-bond donors (Lipinski definition) is 2. The number of guanidine groups is 1. The van der Waals surface area contributed by atoms with Gasteiger partial charge in [-0.25, -0.2) is 0 Å². The van der Waals surface area contributed by atoms with Gasteiger partial charge in [-0.3, -0.25) is 4.99 Å². The molecule has 0 amide bonds. The van der Waals surface area contributed by atoms with Crippen molar-refractivity contribution in [1.82, 2.24) is 10.2 Å². The Hall–Kier alpha value is -1.22. The summed E-state index contributed by atoms with van der Waals surface area (Å²) in [5.41, 5.74) is 0.767. The van der Waals surface area contributed by atoms with E-state index in [9.17, 15) is 5.11 Å². The molecule has 0 saturated heterocycles. The second kappa shape index (κ2) is 10.6. The lowest BCUT2D eigenvalue weighted by atomic mass is 10.2. The molecule has 6 nitrogen and oxygen atoms in total. The monoisotopic (exact) mass is 449 g/mol. The Balaban J connectivity index is 0.00000288. The number of nitrogens with zero attached hydrogens (tertiary/aromatic N) is 2. The Morgan fingerprint density at radius 3 is 2.79 bits per heavy atom. The van der Waals surface area contributed by atoms with Crippen molar-refractivity contribution in [2.45, 2.75) is 19.4 Å². The van der Waals surface area contributed by atoms with Gasteiger partial charge in [-0.2, -0.15) is 0 Å². The molecule has 136 valence electrons. The van der Waals surface area contributed by atoms with E-state index in [-0.39, 0.29) is 29.7 Å². The van der Waals surface area contributed by atoms with Crippen LogP contribution < -0.4 is 10.1 Å². The number of methoxy groups -OCH3 is 1. The molecule has 1 fully saturated rings. The van der Waals surface area contributed by atoms with Crippen LogP contribution in [0.25, 0.3) is 0 Å². The number of phenols is 1. The molecule has 0 bridgehead atoms. The quantitative estimate of drug-likeness (QED) is 0.276. The first kappa shape index (κ1) is 20.8. The standard InChI is InChI=1S/C17H27N3O3.HI/c1-18-17(20(2)8-9-23-12-13-4-5-13)19-11-14-10-15(22-3)6-7-16(14)21;/h6-7,10,13,21H,4-5,8-9,11-12H2,1-3H3,(H,18,19);1H. The lowest BCUT2D eigenvalue weighted by Gasteiger charge is -2.22. The van der Waals surface area contributed by atoms with Crippen LogP contribution in [0.3, 0.4) is 0 Å². The minimum Gasteiger partial charge on any atom is -0.508 e. The zero-order valence-electron chi connectivity index (χ0n) is 14.6. The summed E-state index contributed by atoms with van der Waals surface area (Å²) in [7, 11) is 5.33. The predicted octanol–water partition coefficient (Wildman–Crippen LogP) is 2.45. The Bertz CT molecular complexity index is 536. The molecule has 0 aliphatic heterocycles. The van der Waals surface area contributed by atoms with Crippen LogP contribution in [0, 0.1) is 5.92 Å². The molecule has 0 aromatic heterocycles. The van der Waals surface area contributed by atoms with Gasteiger partial charge in [-0.15, -0.1) is 24.0 Å². The third-order valence-corrected chi connectivity index (χ3v) is 3.92. The molecule has 0 unspecified atom stereocenters. The van der Waals surface area contributed by atoms with Crippen molar-refractivity contribution in [3.8, 4) is 11.5 Å². The molecule has 0 heterocycles. The second-order valence-electron chi connectivity index (χ2n) is 5.84. The molecule has 1 aliphatic rings. The van der Waals surface area contributed by atoms with E-state index in [0.717, 1.165) is 36.3 Å². The summed E-state index contributed by atoms with van der Waals surface area (Å²) in [4.78, 5) is 6.28. The lowest BCUT2D eigenvalue weighted by Crippen LogP contribution is -2.40. The molecule has 1 aromatic carbocycles. The van der Waals surface area contributed by atoms with Crippen molar-refractivity contribution in [3.63, 3.8) is 0 Å². The molecule has 0 atom stereocenters. The number of phenolic OH excluding ortho intramolecular Hbond substituents is 1. The van der Waals surface area contributed by atoms with E-state index in [4.69, 9.17) is 9.47 Å². The number of aromatic hydroxyl groups is 1. The molecule has 7 heteroatoms. The van der Waals surface area contributed by atoms with Gasteiger partial charge in [-0.05, 0) is 37.0 Å². The first-order chi connectivity index (χ1) is 11.1. The van der Waals surface area contributed by atoms with Crippen molar-refractivity contribution in [3.05, 3.63) is 23.8 Å². The molecular formula is C17H28IN3O3. The number of aliphatic imine (C=N–C) groups is 1. The van der Waals surface area contributed by atoms with Crippen LogP contribution in [0.2, 0.25) is 0 Å². The Morgan fingerprint density at radius 2 is 2.17 bits per heavy atom. The summed E-state index contributed by atoms with van der Waals surface area (Å²) < 4.78 is 10.8. The molecule has 1 aromatic rings. The predicted molar refractivity (Wildman–Crippen MR) is 106 cm³/mol. The van der Waals surface area contributed by atoms with Gasteiger partial charge < -0.3 is 24.8 Å². The Labute approximate surface area is 161 Å². The molecule has 2 N–H and O–H groups in total. The first-order valence-electron chi connectivity index (χ1n) is 7.99. The number of rotatable bonds is 8. The van der Waals surface area contributed by atoms with Gasteiger partial charge >= 0.3 is 0 Å². The van der Waals surface area contributed by atoms with Gasteiger partial charge in [0, 0.05) is 39.4 Å². The number of likely N-dealkylation sites (N-methyl/N-ethyl adjacent to an activating group) is 1. The maximum absolute atomic E-state index is 9.92. The third kappa shape index (κ3) is 6.72. The molecule has 2 rings (SSSR count). The molecule has 1 aliphatic carbocycles. The SMILES string of the molecule is CN=C(NCc1cc(OC)ccc1O)N(C)CCOCC1CC1.I. The fourth-order valence-corrected chi connectivity index (χ4v) is 2.23. The number of hydrogen-bond acceptors (Lipinski definition) is 4. The highest BCUT2D eigenvalue weighted by atomic mass is 127. The summed E-state index contributed by atoms with van der Waals surface area (Å²) >= 11 is 0. The normalized spacial score (nSPS) is 14.0. The van der Waals surface area contributed by atoms with Crippen molar-refractivity contribution in [2.24, 2.45) is 10.9 Å². The molecular weight excluding hydrogens is 421 g/mol. The number of nitrogens with one attached hydrogen (secondary N) is 1. The van der Waals surface area contributed by atoms with Gasteiger partial charge in [0.15, 0.2) is 5.96 Å². The zero-order chi connectivity index (χ0) is 16.7. The van der Waals surface area contributed by atoms with Crippen LogP contribution in [-0.4, -0.2) is 56.9 Å². The van der Waals surface area contributed by atoms with Crippen LogP contribution >= 0.6 is 24.0 Å². The average Bonchev–Trinajstić information content (AvgIpc) is 3.38. The number of benzene rings is 1. The highest BCUT2D eigenvalue weighted by molar-refractivity contribution is 14.0. The smallest absolute Gasteiger partial charge is 0.193 e. The van der Waals surface area contributed by atoms with E-state index in [2.05, 4.69) is 10.3 Å². The van der Waals surface area contributed by atoms with Crippen LogP contribution in [0.15, 0.2) is 23.2 Å². The fourth-order valence-electron chi connectivity index (χ4n) is 2.23. The second-order valence-corrected chi connectivity index (χ2v) is 5.84. The van der Waals surface area contributed by atoms with E-state index in [0.29, 0.717) is 13.2 Å². The van der Waals surface area contributed by atoms with Crippen molar-refractivity contribution in [2.75, 3.05) is 41.0 Å². The van der Waals surface area contributed by atoms with Crippen LogP contribution in [-0.2, 0) is 11.3 Å². The van der Waals surface area contributed by atoms with Gasteiger partial charge in [0.05, 0.1) is 13.7 Å². The van der Waals surface area contributed by atoms with Crippen LogP contribution in [0.1, 0.15) is 18.4 Å². The van der Waals surface area contributed by atoms with Gasteiger partial charge in [-0.1, -0.05) is 0 Å². The zero-order valence-corrected chi connectivity index (χ0v) is 16.9. The number of halogens is 1. The average molecular weight is 449 g/mol. The van der Waals surface area contributed by atoms with Crippen molar-refractivity contribution in [1.29, 1.82) is 0 Å². The fraction of sp³-hybridized carbons (Fsp3) is 0.588. The summed E-state index contributed by atoms with van der Waals surface area (Å²) in [5, 5.41) is 13.2. The summed E-state index contributed by atoms with van der Waals surface area (Å²) in [6, 6.07) is 5.18. The summed E-state index contributed by atoms with van der Waals surface area (Å²) in [6.45, 7) is 2.81. The number of ether oxygens (including phenoxy) is 2. The van der Waals surface area contributed by atoms with E-state index in [1.165, 1.54) is 12.8 Å². The van der Waals surface area contributed by atoms with Gasteiger partial charge in [0.2, 0.25) is 0 Å². The van der Waals surface area contributed by atoms with E-state index in [1.54, 1.807) is 26.3 Å². The van der Waals surface area contributed by atoms with E-state index < -0.39 is 0 Å². The largest absolute Gasteiger partial charge is 0.508 e. The molecule has 0 radical (unpaired) electrons. The van der Waals surface area contributed by atoms with Crippen molar-refractivity contribution < 1.29 is 14.6 Å². The minimum absolute atomic E-state index is 0. The van der Waals surface area contributed by atoms with Crippen molar-refractivity contribution >= 4 is 29.9 Å². The van der Waals surface area contributed by atoms with Gasteiger partial charge in [0.1, 0.15) is 11.5 Å². The van der Waals surface area contributed by atoms with Gasteiger partial charge in [0.25, 0.3) is 0 Å². The first-order valence-corrected chi connectivity index (χ1v) is 7.99. The topological polar surface area (TPSA) is 66.3 Å². The van der Waals surface area contributed by atoms with Crippen LogP contribution in [0.5, 0.6) is 11.5 Å². The van der Waals surface area contributed by atoms with E-state index in [1.807, 2.05) is 18.0 Å². The molecule has 0 spiro atoms.